The molecule has 0 aromatic heterocycles. The second-order valence-electron chi connectivity index (χ2n) is 9.78. The first-order valence-electron chi connectivity index (χ1n) is 12.3. The van der Waals surface area contributed by atoms with Crippen LogP contribution in [0.2, 0.25) is 0 Å². The third kappa shape index (κ3) is 5.82. The van der Waals surface area contributed by atoms with Crippen LogP contribution in [-0.4, -0.2) is 62.1 Å². The molecule has 1 amide bonds. The Bertz CT molecular complexity index is 1150. The molecule has 8 heteroatoms. The number of Topliss-reactive ketones (excluding diaryl/α,β-unsaturated/α-hetero) is 1. The van der Waals surface area contributed by atoms with Crippen molar-refractivity contribution >= 4 is 17.4 Å². The minimum atomic E-state index is -0.881. The zero-order valence-corrected chi connectivity index (χ0v) is 21.9. The van der Waals surface area contributed by atoms with Crippen LogP contribution in [-0.2, 0) is 9.59 Å². The molecular formula is C28H36N2O6. The summed E-state index contributed by atoms with van der Waals surface area (Å²) in [4.78, 5) is 28.8. The van der Waals surface area contributed by atoms with Crippen molar-refractivity contribution in [2.24, 2.45) is 5.92 Å². The fourth-order valence-corrected chi connectivity index (χ4v) is 4.13. The zero-order chi connectivity index (χ0) is 26.6. The van der Waals surface area contributed by atoms with E-state index in [9.17, 15) is 19.8 Å². The number of quaternary nitrogens is 1. The number of nitrogens with one attached hydrogen (secondary N) is 1. The summed E-state index contributed by atoms with van der Waals surface area (Å²) in [6.45, 7) is 9.50. The van der Waals surface area contributed by atoms with Gasteiger partial charge in [0.2, 0.25) is 5.78 Å². The smallest absolute Gasteiger partial charge is 0.295 e. The Morgan fingerprint density at radius 2 is 1.83 bits per heavy atom. The molecule has 0 radical (unpaired) electrons. The van der Waals surface area contributed by atoms with Crippen LogP contribution in [0.1, 0.15) is 43.5 Å². The molecule has 1 heterocycles. The third-order valence-electron chi connectivity index (χ3n) is 5.99. The molecule has 1 aliphatic heterocycles. The van der Waals surface area contributed by atoms with Gasteiger partial charge in [0.15, 0.2) is 11.5 Å². The molecule has 1 saturated heterocycles. The lowest BCUT2D eigenvalue weighted by Crippen LogP contribution is -3.06. The predicted molar refractivity (Wildman–Crippen MR) is 135 cm³/mol. The van der Waals surface area contributed by atoms with Gasteiger partial charge in [0, 0.05) is 5.57 Å². The molecule has 1 aliphatic rings. The maximum Gasteiger partial charge on any atom is 0.295 e. The van der Waals surface area contributed by atoms with Gasteiger partial charge in [0.05, 0.1) is 46.4 Å². The number of likely N-dealkylation sites (tertiary alicyclic amines) is 1. The topological polar surface area (TPSA) is 104 Å². The number of aryl methyl sites for hydroxylation is 1. The lowest BCUT2D eigenvalue weighted by atomic mass is 9.94. The molecule has 2 N–H and O–H groups in total. The van der Waals surface area contributed by atoms with Gasteiger partial charge in [-0.2, -0.15) is 0 Å². The largest absolute Gasteiger partial charge is 0.872 e. The summed E-state index contributed by atoms with van der Waals surface area (Å²) in [6, 6.07) is 8.82. The van der Waals surface area contributed by atoms with Gasteiger partial charge in [-0.15, -0.1) is 0 Å². The molecule has 0 aliphatic carbocycles. The van der Waals surface area contributed by atoms with E-state index in [0.29, 0.717) is 49.1 Å². The average molecular weight is 497 g/mol. The van der Waals surface area contributed by atoms with Gasteiger partial charge in [0.1, 0.15) is 5.75 Å². The Hall–Kier alpha value is -3.52. The van der Waals surface area contributed by atoms with Gasteiger partial charge >= 0.3 is 0 Å². The number of hydrogen-bond donors (Lipinski definition) is 2. The van der Waals surface area contributed by atoms with Crippen LogP contribution in [0.5, 0.6) is 17.2 Å². The number of ketones is 1. The van der Waals surface area contributed by atoms with E-state index in [1.54, 1.807) is 37.3 Å². The van der Waals surface area contributed by atoms with Gasteiger partial charge in [-0.25, -0.2) is 0 Å². The van der Waals surface area contributed by atoms with E-state index in [1.165, 1.54) is 11.0 Å². The molecular weight excluding hydrogens is 460 g/mol. The number of phenols is 1. The molecule has 0 spiro atoms. The van der Waals surface area contributed by atoms with Gasteiger partial charge in [-0.3, -0.25) is 9.59 Å². The van der Waals surface area contributed by atoms with Crippen LogP contribution in [0, 0.1) is 12.8 Å². The van der Waals surface area contributed by atoms with Gasteiger partial charge < -0.3 is 29.5 Å². The van der Waals surface area contributed by atoms with Crippen LogP contribution in [0.25, 0.3) is 5.76 Å². The van der Waals surface area contributed by atoms with Crippen molar-refractivity contribution in [2.45, 2.75) is 33.7 Å². The number of aromatic hydroxyl groups is 1. The van der Waals surface area contributed by atoms with Crippen molar-refractivity contribution in [1.29, 1.82) is 0 Å². The number of ether oxygens (including phenoxy) is 2. The Morgan fingerprint density at radius 3 is 2.44 bits per heavy atom. The van der Waals surface area contributed by atoms with Crippen molar-refractivity contribution in [2.75, 3.05) is 40.4 Å². The molecule has 2 aromatic rings. The molecule has 8 nitrogen and oxygen atoms in total. The Balaban J connectivity index is 2.12. The van der Waals surface area contributed by atoms with Crippen LogP contribution in [0.15, 0.2) is 42.0 Å². The summed E-state index contributed by atoms with van der Waals surface area (Å²) in [6.07, 6.45) is 0. The molecule has 1 unspecified atom stereocenters. The molecule has 3 rings (SSSR count). The normalized spacial score (nSPS) is 17.3. The van der Waals surface area contributed by atoms with E-state index in [1.807, 2.05) is 21.0 Å². The van der Waals surface area contributed by atoms with E-state index in [2.05, 4.69) is 13.8 Å². The summed E-state index contributed by atoms with van der Waals surface area (Å²) in [7, 11) is 3.90. The monoisotopic (exact) mass is 496 g/mol. The third-order valence-corrected chi connectivity index (χ3v) is 5.99. The van der Waals surface area contributed by atoms with Gasteiger partial charge in [0.25, 0.3) is 5.91 Å². The molecule has 1 fully saturated rings. The van der Waals surface area contributed by atoms with E-state index in [0.717, 1.165) is 10.5 Å². The summed E-state index contributed by atoms with van der Waals surface area (Å²) >= 11 is 0. The fraction of sp³-hybridized carbons (Fsp3) is 0.429. The Kier molecular flexibility index (Phi) is 8.63. The number of likely N-dealkylation sites (N-methyl/N-ethyl adjacent to an activating group) is 1. The minimum Gasteiger partial charge on any atom is -0.872 e. The average Bonchev–Trinajstić information content (AvgIpc) is 3.07. The SMILES string of the molecule is CCOc1cc(C2C(=C([O-])c3ccc(OCC(C)C)c(C)c3)C(=O)C(=O)N2CC[NH+](C)C)ccc1O. The first kappa shape index (κ1) is 27.1. The predicted octanol–water partition coefficient (Wildman–Crippen LogP) is 1.50. The van der Waals surface area contributed by atoms with E-state index >= 15 is 0 Å². The molecule has 1 atom stereocenters. The van der Waals surface area contributed by atoms with Crippen LogP contribution in [0.3, 0.4) is 0 Å². The number of rotatable bonds is 10. The first-order chi connectivity index (χ1) is 17.0. The van der Waals surface area contributed by atoms with Crippen LogP contribution >= 0.6 is 0 Å². The highest BCUT2D eigenvalue weighted by Gasteiger charge is 2.44. The van der Waals surface area contributed by atoms with Crippen molar-refractivity contribution in [3.05, 3.63) is 58.7 Å². The van der Waals surface area contributed by atoms with Crippen LogP contribution < -0.4 is 19.5 Å². The summed E-state index contributed by atoms with van der Waals surface area (Å²) in [5.41, 5.74) is 1.51. The van der Waals surface area contributed by atoms with Crippen LogP contribution in [0.4, 0.5) is 0 Å². The number of nitrogens with zero attached hydrogens (tertiary/aromatic N) is 1. The highest BCUT2D eigenvalue weighted by Crippen LogP contribution is 2.41. The number of carbonyl (C=O) groups is 2. The molecule has 0 saturated carbocycles. The second kappa shape index (κ2) is 11.5. The van der Waals surface area contributed by atoms with Crippen molar-refractivity contribution in [3.63, 3.8) is 0 Å². The Labute approximate surface area is 212 Å². The molecule has 194 valence electrons. The highest BCUT2D eigenvalue weighted by atomic mass is 16.5. The number of phenolic OH excluding ortho intramolecular Hbond substituents is 1. The van der Waals surface area contributed by atoms with Crippen molar-refractivity contribution in [1.82, 2.24) is 4.90 Å². The number of carbonyl (C=O) groups excluding carboxylic acids is 2. The minimum absolute atomic E-state index is 0.0546. The lowest BCUT2D eigenvalue weighted by molar-refractivity contribution is -0.857. The number of hydrogen-bond acceptors (Lipinski definition) is 6. The molecule has 36 heavy (non-hydrogen) atoms. The van der Waals surface area contributed by atoms with Gasteiger partial charge in [-0.1, -0.05) is 31.7 Å². The summed E-state index contributed by atoms with van der Waals surface area (Å²) in [5, 5.41) is 23.9. The lowest BCUT2D eigenvalue weighted by Gasteiger charge is -2.28. The highest BCUT2D eigenvalue weighted by molar-refractivity contribution is 6.46. The molecule has 0 bridgehead atoms. The van der Waals surface area contributed by atoms with Gasteiger partial charge in [-0.05, 0) is 60.7 Å². The standard InChI is InChI=1S/C28H36N2O6/c1-7-35-23-15-19(8-10-21(23)31)25-24(27(33)28(34)30(25)13-12-29(5)6)26(32)20-9-11-22(18(4)14-20)36-16-17(2)3/h8-11,14-15,17,25,31-32H,7,12-13,16H2,1-6H3. The number of benzene rings is 2. The first-order valence-corrected chi connectivity index (χ1v) is 12.3. The Morgan fingerprint density at radius 1 is 1.11 bits per heavy atom. The van der Waals surface area contributed by atoms with E-state index < -0.39 is 23.5 Å². The summed E-state index contributed by atoms with van der Waals surface area (Å²) < 4.78 is 11.3. The second-order valence-corrected chi connectivity index (χ2v) is 9.78. The van der Waals surface area contributed by atoms with Crippen molar-refractivity contribution < 1.29 is 34.2 Å². The number of amides is 1. The van der Waals surface area contributed by atoms with Crippen molar-refractivity contribution in [3.8, 4) is 17.2 Å². The maximum absolute atomic E-state index is 13.7. The summed E-state index contributed by atoms with van der Waals surface area (Å²) in [5.74, 6) is -0.804. The quantitative estimate of drug-likeness (QED) is 0.294. The maximum atomic E-state index is 13.7. The molecule has 2 aromatic carbocycles. The zero-order valence-electron chi connectivity index (χ0n) is 21.9. The fourth-order valence-electron chi connectivity index (χ4n) is 4.13. The van der Waals surface area contributed by atoms with E-state index in [-0.39, 0.29) is 17.1 Å². The van der Waals surface area contributed by atoms with E-state index in [4.69, 9.17) is 9.47 Å².